The van der Waals surface area contributed by atoms with Gasteiger partial charge in [-0.3, -0.25) is 0 Å². The maximum absolute atomic E-state index is 10.7. The van der Waals surface area contributed by atoms with Crippen molar-refractivity contribution in [2.24, 2.45) is 0 Å². The van der Waals surface area contributed by atoms with Gasteiger partial charge in [0.1, 0.15) is 12.0 Å². The Kier molecular flexibility index (Phi) is 6.08. The first kappa shape index (κ1) is 14.1. The van der Waals surface area contributed by atoms with Gasteiger partial charge in [0.25, 0.3) is 0 Å². The van der Waals surface area contributed by atoms with Gasteiger partial charge in [-0.25, -0.2) is 0 Å². The molecule has 1 unspecified atom stereocenters. The molecule has 0 saturated heterocycles. The minimum absolute atomic E-state index is 0.0769. The van der Waals surface area contributed by atoms with E-state index in [0.29, 0.717) is 0 Å². The molecule has 0 bridgehead atoms. The van der Waals surface area contributed by atoms with Crippen LogP contribution in [0.1, 0.15) is 19.4 Å². The Morgan fingerprint density at radius 1 is 1.47 bits per heavy atom. The van der Waals surface area contributed by atoms with Crippen molar-refractivity contribution in [3.8, 4) is 5.75 Å². The maximum atomic E-state index is 10.7. The average molecular weight is 254 g/mol. The first-order valence-corrected chi connectivity index (χ1v) is 6.46. The predicted octanol–water partition coefficient (Wildman–Crippen LogP) is 2.91. The van der Waals surface area contributed by atoms with Gasteiger partial charge in [0.2, 0.25) is 0 Å². The summed E-state index contributed by atoms with van der Waals surface area (Å²) in [5.41, 5.74) is 1.13. The van der Waals surface area contributed by atoms with E-state index in [1.165, 1.54) is 11.8 Å². The summed E-state index contributed by atoms with van der Waals surface area (Å²) < 4.78 is 10.5. The second-order valence-electron chi connectivity index (χ2n) is 3.61. The van der Waals surface area contributed by atoms with Crippen molar-refractivity contribution in [2.45, 2.75) is 30.4 Å². The zero-order chi connectivity index (χ0) is 12.7. The van der Waals surface area contributed by atoms with Crippen molar-refractivity contribution >= 4 is 18.0 Å². The lowest BCUT2D eigenvalue weighted by molar-refractivity contribution is -0.107. The molecular weight excluding hydrogens is 236 g/mol. The fraction of sp³-hybridized carbons (Fsp3) is 0.462. The number of rotatable bonds is 7. The maximum Gasteiger partial charge on any atom is 0.188 e. The highest BCUT2D eigenvalue weighted by molar-refractivity contribution is 8.00. The van der Waals surface area contributed by atoms with Gasteiger partial charge in [-0.05, 0) is 25.0 Å². The molecule has 1 aromatic carbocycles. The van der Waals surface area contributed by atoms with E-state index in [9.17, 15) is 4.79 Å². The van der Waals surface area contributed by atoms with E-state index in [0.717, 1.165) is 28.9 Å². The Balaban J connectivity index is 2.96. The third kappa shape index (κ3) is 4.06. The molecule has 1 rings (SSSR count). The molecule has 0 aliphatic carbocycles. The standard InChI is InChI=1S/C13H18O3S/c1-4-11-6-5-7-12(17-10(2)8-14)13(11)16-9-15-3/h5-8,10H,4,9H2,1-3H3. The largest absolute Gasteiger partial charge is 0.466 e. The van der Waals surface area contributed by atoms with E-state index in [4.69, 9.17) is 9.47 Å². The number of hydrogen-bond acceptors (Lipinski definition) is 4. The van der Waals surface area contributed by atoms with Gasteiger partial charge in [-0.15, -0.1) is 11.8 Å². The highest BCUT2D eigenvalue weighted by atomic mass is 32.2. The number of aryl methyl sites for hydroxylation is 1. The Morgan fingerprint density at radius 3 is 2.82 bits per heavy atom. The van der Waals surface area contributed by atoms with Gasteiger partial charge >= 0.3 is 0 Å². The summed E-state index contributed by atoms with van der Waals surface area (Å²) in [5, 5.41) is -0.0769. The van der Waals surface area contributed by atoms with Crippen LogP contribution in [0, 0.1) is 0 Å². The first-order chi connectivity index (χ1) is 8.22. The molecule has 0 aliphatic rings. The van der Waals surface area contributed by atoms with Crippen LogP contribution in [0.25, 0.3) is 0 Å². The molecule has 94 valence electrons. The number of thioether (sulfide) groups is 1. The van der Waals surface area contributed by atoms with Gasteiger partial charge in [-0.1, -0.05) is 19.1 Å². The molecule has 0 amide bonds. The lowest BCUT2D eigenvalue weighted by Gasteiger charge is -2.15. The fourth-order valence-electron chi connectivity index (χ4n) is 1.44. The van der Waals surface area contributed by atoms with Gasteiger partial charge in [0.05, 0.1) is 10.1 Å². The van der Waals surface area contributed by atoms with Gasteiger partial charge in [0, 0.05) is 7.11 Å². The van der Waals surface area contributed by atoms with Crippen LogP contribution in [0.3, 0.4) is 0 Å². The molecule has 0 fully saturated rings. The number of ether oxygens (including phenoxy) is 2. The zero-order valence-corrected chi connectivity index (χ0v) is 11.3. The molecule has 0 radical (unpaired) electrons. The van der Waals surface area contributed by atoms with Gasteiger partial charge in [0.15, 0.2) is 6.79 Å². The Bertz CT molecular complexity index is 366. The molecule has 17 heavy (non-hydrogen) atoms. The lowest BCUT2D eigenvalue weighted by atomic mass is 10.1. The molecule has 0 aliphatic heterocycles. The quantitative estimate of drug-likeness (QED) is 0.426. The topological polar surface area (TPSA) is 35.5 Å². The summed E-state index contributed by atoms with van der Waals surface area (Å²) in [5.74, 6) is 0.829. The molecular formula is C13H18O3S. The second-order valence-corrected chi connectivity index (χ2v) is 5.03. The average Bonchev–Trinajstić information content (AvgIpc) is 2.36. The van der Waals surface area contributed by atoms with Crippen LogP contribution in [0.2, 0.25) is 0 Å². The normalized spacial score (nSPS) is 12.2. The second kappa shape index (κ2) is 7.35. The van der Waals surface area contributed by atoms with Crippen LogP contribution in [-0.2, 0) is 16.0 Å². The van der Waals surface area contributed by atoms with E-state index in [1.807, 2.05) is 25.1 Å². The Labute approximate surface area is 106 Å². The molecule has 0 N–H and O–H groups in total. The van der Waals surface area contributed by atoms with Crippen LogP contribution in [-0.4, -0.2) is 25.4 Å². The van der Waals surface area contributed by atoms with E-state index in [1.54, 1.807) is 7.11 Å². The first-order valence-electron chi connectivity index (χ1n) is 5.58. The van der Waals surface area contributed by atoms with Crippen molar-refractivity contribution in [3.63, 3.8) is 0 Å². The lowest BCUT2D eigenvalue weighted by Crippen LogP contribution is -2.04. The summed E-state index contributed by atoms with van der Waals surface area (Å²) in [6.07, 6.45) is 1.83. The van der Waals surface area contributed by atoms with Crippen LogP contribution in [0.5, 0.6) is 5.75 Å². The van der Waals surface area contributed by atoms with Crippen molar-refractivity contribution < 1.29 is 14.3 Å². The third-order valence-electron chi connectivity index (χ3n) is 2.27. The SMILES string of the molecule is CCc1cccc(SC(C)C=O)c1OCOC. The van der Waals surface area contributed by atoms with Crippen molar-refractivity contribution in [1.82, 2.24) is 0 Å². The number of para-hydroxylation sites is 1. The minimum Gasteiger partial charge on any atom is -0.466 e. The molecule has 1 aromatic rings. The molecule has 0 saturated carbocycles. The minimum atomic E-state index is -0.0769. The number of hydrogen-bond donors (Lipinski definition) is 0. The highest BCUT2D eigenvalue weighted by Gasteiger charge is 2.12. The number of methoxy groups -OCH3 is 1. The Hall–Kier alpha value is -1.00. The van der Waals surface area contributed by atoms with Crippen LogP contribution < -0.4 is 4.74 Å². The third-order valence-corrected chi connectivity index (χ3v) is 3.33. The Morgan fingerprint density at radius 2 is 2.24 bits per heavy atom. The molecule has 0 spiro atoms. The van der Waals surface area contributed by atoms with Gasteiger partial charge < -0.3 is 14.3 Å². The van der Waals surface area contributed by atoms with Crippen LogP contribution >= 0.6 is 11.8 Å². The zero-order valence-electron chi connectivity index (χ0n) is 10.4. The van der Waals surface area contributed by atoms with Gasteiger partial charge in [-0.2, -0.15) is 0 Å². The van der Waals surface area contributed by atoms with E-state index < -0.39 is 0 Å². The van der Waals surface area contributed by atoms with Crippen molar-refractivity contribution in [1.29, 1.82) is 0 Å². The summed E-state index contributed by atoms with van der Waals surface area (Å²) in [4.78, 5) is 11.7. The molecule has 0 heterocycles. The molecule has 1 atom stereocenters. The summed E-state index contributed by atoms with van der Waals surface area (Å²) in [6.45, 7) is 4.17. The van der Waals surface area contributed by atoms with Crippen LogP contribution in [0.4, 0.5) is 0 Å². The van der Waals surface area contributed by atoms with Crippen LogP contribution in [0.15, 0.2) is 23.1 Å². The predicted molar refractivity (Wildman–Crippen MR) is 69.7 cm³/mol. The van der Waals surface area contributed by atoms with E-state index in [-0.39, 0.29) is 12.0 Å². The van der Waals surface area contributed by atoms with Crippen molar-refractivity contribution in [2.75, 3.05) is 13.9 Å². The monoisotopic (exact) mass is 254 g/mol. The summed E-state index contributed by atoms with van der Waals surface area (Å²) in [6, 6.07) is 5.98. The van der Waals surface area contributed by atoms with Crippen molar-refractivity contribution in [3.05, 3.63) is 23.8 Å². The summed E-state index contributed by atoms with van der Waals surface area (Å²) >= 11 is 1.50. The molecule has 3 nitrogen and oxygen atoms in total. The molecule has 0 aromatic heterocycles. The number of aldehydes is 1. The smallest absolute Gasteiger partial charge is 0.188 e. The fourth-order valence-corrected chi connectivity index (χ4v) is 2.35. The highest BCUT2D eigenvalue weighted by Crippen LogP contribution is 2.34. The summed E-state index contributed by atoms with van der Waals surface area (Å²) in [7, 11) is 1.59. The number of benzene rings is 1. The van der Waals surface area contributed by atoms with E-state index in [2.05, 4.69) is 6.92 Å². The number of carbonyl (C=O) groups excluding carboxylic acids is 1. The number of carbonyl (C=O) groups is 1. The van der Waals surface area contributed by atoms with E-state index >= 15 is 0 Å². The molecule has 4 heteroatoms.